The zero-order valence-corrected chi connectivity index (χ0v) is 13.0. The average molecular weight is 320 g/mol. The lowest BCUT2D eigenvalue weighted by Gasteiger charge is -2.07. The summed E-state index contributed by atoms with van der Waals surface area (Å²) in [6.07, 6.45) is 0.389. The standard InChI is InChI=1S/C16H14ClNO2S/c1-11-5-6-13(17)14(10-11)18-16(20)15-12(7-9-21-15)4-2-3-8-19/h5-7,9-10,19H,3,8H2,1H3,(H,18,20). The molecule has 0 radical (unpaired) electrons. The molecule has 2 N–H and O–H groups in total. The smallest absolute Gasteiger partial charge is 0.267 e. The van der Waals surface area contributed by atoms with Gasteiger partial charge in [0.1, 0.15) is 4.88 Å². The van der Waals surface area contributed by atoms with Crippen molar-refractivity contribution >= 4 is 34.5 Å². The first-order valence-electron chi connectivity index (χ1n) is 6.36. The Bertz CT molecular complexity index is 713. The minimum absolute atomic E-state index is 0.0115. The maximum Gasteiger partial charge on any atom is 0.267 e. The van der Waals surface area contributed by atoms with E-state index in [0.29, 0.717) is 27.6 Å². The Labute approximate surface area is 132 Å². The molecule has 1 aromatic carbocycles. The van der Waals surface area contributed by atoms with Crippen LogP contribution in [-0.2, 0) is 0 Å². The van der Waals surface area contributed by atoms with Gasteiger partial charge in [0.15, 0.2) is 0 Å². The number of carbonyl (C=O) groups excluding carboxylic acids is 1. The Morgan fingerprint density at radius 2 is 2.24 bits per heavy atom. The van der Waals surface area contributed by atoms with E-state index >= 15 is 0 Å². The first kappa shape index (κ1) is 15.6. The third-order valence-electron chi connectivity index (χ3n) is 2.70. The summed E-state index contributed by atoms with van der Waals surface area (Å²) in [7, 11) is 0. The number of nitrogens with one attached hydrogen (secondary N) is 1. The lowest BCUT2D eigenvalue weighted by molar-refractivity contribution is 0.103. The number of aryl methyl sites for hydroxylation is 1. The molecular weight excluding hydrogens is 306 g/mol. The number of hydrogen-bond donors (Lipinski definition) is 2. The van der Waals surface area contributed by atoms with E-state index in [1.807, 2.05) is 24.4 Å². The third kappa shape index (κ3) is 4.08. The van der Waals surface area contributed by atoms with Crippen LogP contribution >= 0.6 is 22.9 Å². The summed E-state index contributed by atoms with van der Waals surface area (Å²) >= 11 is 7.40. The van der Waals surface area contributed by atoms with Crippen LogP contribution in [-0.4, -0.2) is 17.6 Å². The molecule has 0 saturated heterocycles. The summed E-state index contributed by atoms with van der Waals surface area (Å²) < 4.78 is 0. The SMILES string of the molecule is Cc1ccc(Cl)c(NC(=O)c2sccc2C#CCCO)c1. The molecule has 2 rings (SSSR count). The Morgan fingerprint density at radius 3 is 3.00 bits per heavy atom. The van der Waals surface area contributed by atoms with E-state index in [1.165, 1.54) is 11.3 Å². The molecule has 3 nitrogen and oxygen atoms in total. The van der Waals surface area contributed by atoms with Gasteiger partial charge >= 0.3 is 0 Å². The highest BCUT2D eigenvalue weighted by atomic mass is 35.5. The molecule has 5 heteroatoms. The van der Waals surface area contributed by atoms with Crippen LogP contribution in [0, 0.1) is 18.8 Å². The van der Waals surface area contributed by atoms with Gasteiger partial charge in [0, 0.05) is 12.0 Å². The summed E-state index contributed by atoms with van der Waals surface area (Å²) in [6, 6.07) is 7.25. The van der Waals surface area contributed by atoms with Gasteiger partial charge in [-0.2, -0.15) is 0 Å². The molecular formula is C16H14ClNO2S. The van der Waals surface area contributed by atoms with Gasteiger partial charge in [0.2, 0.25) is 0 Å². The van der Waals surface area contributed by atoms with E-state index in [0.717, 1.165) is 5.56 Å². The van der Waals surface area contributed by atoms with E-state index in [2.05, 4.69) is 17.2 Å². The van der Waals surface area contributed by atoms with Gasteiger partial charge in [-0.15, -0.1) is 11.3 Å². The summed E-state index contributed by atoms with van der Waals surface area (Å²) in [5, 5.41) is 13.9. The number of aliphatic hydroxyl groups excluding tert-OH is 1. The molecule has 1 heterocycles. The summed E-state index contributed by atoms with van der Waals surface area (Å²) in [4.78, 5) is 12.9. The first-order valence-corrected chi connectivity index (χ1v) is 7.62. The maximum atomic E-state index is 12.3. The van der Waals surface area contributed by atoms with Crippen molar-refractivity contribution < 1.29 is 9.90 Å². The van der Waals surface area contributed by atoms with Gasteiger partial charge in [-0.05, 0) is 36.1 Å². The van der Waals surface area contributed by atoms with Crippen molar-refractivity contribution in [3.63, 3.8) is 0 Å². The van der Waals surface area contributed by atoms with E-state index in [1.54, 1.807) is 12.1 Å². The van der Waals surface area contributed by atoms with Crippen molar-refractivity contribution in [1.82, 2.24) is 0 Å². The van der Waals surface area contributed by atoms with Crippen LogP contribution < -0.4 is 5.32 Å². The van der Waals surface area contributed by atoms with Gasteiger partial charge in [-0.3, -0.25) is 4.79 Å². The fraction of sp³-hybridized carbons (Fsp3) is 0.188. The number of amides is 1. The normalized spacial score (nSPS) is 9.86. The molecule has 0 fully saturated rings. The molecule has 0 spiro atoms. The highest BCUT2D eigenvalue weighted by molar-refractivity contribution is 7.12. The molecule has 1 aromatic heterocycles. The second-order valence-corrected chi connectivity index (χ2v) is 5.70. The van der Waals surface area contributed by atoms with Crippen LogP contribution in [0.15, 0.2) is 29.6 Å². The predicted octanol–water partition coefficient (Wildman–Crippen LogP) is 3.70. The molecule has 108 valence electrons. The fourth-order valence-electron chi connectivity index (χ4n) is 1.71. The third-order valence-corrected chi connectivity index (χ3v) is 3.94. The van der Waals surface area contributed by atoms with Crippen molar-refractivity contribution in [3.8, 4) is 11.8 Å². The van der Waals surface area contributed by atoms with Gasteiger partial charge in [-0.25, -0.2) is 0 Å². The van der Waals surface area contributed by atoms with E-state index in [9.17, 15) is 4.79 Å². The number of halogens is 1. The number of thiophene rings is 1. The number of aliphatic hydroxyl groups is 1. The second kappa shape index (κ2) is 7.28. The number of carbonyl (C=O) groups is 1. The highest BCUT2D eigenvalue weighted by Crippen LogP contribution is 2.25. The monoisotopic (exact) mass is 319 g/mol. The molecule has 0 bridgehead atoms. The van der Waals surface area contributed by atoms with Crippen LogP contribution in [0.4, 0.5) is 5.69 Å². The number of hydrogen-bond acceptors (Lipinski definition) is 3. The lowest BCUT2D eigenvalue weighted by atomic mass is 10.2. The quantitative estimate of drug-likeness (QED) is 0.848. The Balaban J connectivity index is 2.20. The van der Waals surface area contributed by atoms with Crippen molar-refractivity contribution in [1.29, 1.82) is 0 Å². The van der Waals surface area contributed by atoms with Crippen LogP contribution in [0.1, 0.15) is 27.2 Å². The Kier molecular flexibility index (Phi) is 5.40. The zero-order chi connectivity index (χ0) is 15.2. The van der Waals surface area contributed by atoms with Gasteiger partial charge in [-0.1, -0.05) is 29.5 Å². The zero-order valence-electron chi connectivity index (χ0n) is 11.4. The fourth-order valence-corrected chi connectivity index (χ4v) is 2.62. The Hall–Kier alpha value is -1.80. The van der Waals surface area contributed by atoms with E-state index in [-0.39, 0.29) is 12.5 Å². The van der Waals surface area contributed by atoms with Crippen LogP contribution in [0.5, 0.6) is 0 Å². The molecule has 2 aromatic rings. The lowest BCUT2D eigenvalue weighted by Crippen LogP contribution is -2.12. The molecule has 0 saturated carbocycles. The molecule has 0 atom stereocenters. The number of rotatable bonds is 3. The van der Waals surface area contributed by atoms with Gasteiger partial charge < -0.3 is 10.4 Å². The van der Waals surface area contributed by atoms with Crippen molar-refractivity contribution in [2.24, 2.45) is 0 Å². The molecule has 0 aliphatic rings. The molecule has 0 aliphatic carbocycles. The summed E-state index contributed by atoms with van der Waals surface area (Å²) in [5.74, 6) is 5.48. The highest BCUT2D eigenvalue weighted by Gasteiger charge is 2.13. The van der Waals surface area contributed by atoms with Crippen LogP contribution in [0.25, 0.3) is 0 Å². The maximum absolute atomic E-state index is 12.3. The van der Waals surface area contributed by atoms with Crippen molar-refractivity contribution in [2.45, 2.75) is 13.3 Å². The number of anilines is 1. The van der Waals surface area contributed by atoms with Crippen LogP contribution in [0.3, 0.4) is 0 Å². The minimum atomic E-state index is -0.231. The van der Waals surface area contributed by atoms with E-state index < -0.39 is 0 Å². The largest absolute Gasteiger partial charge is 0.395 e. The van der Waals surface area contributed by atoms with E-state index in [4.69, 9.17) is 16.7 Å². The summed E-state index contributed by atoms with van der Waals surface area (Å²) in [5.41, 5.74) is 2.27. The second-order valence-electron chi connectivity index (χ2n) is 4.38. The van der Waals surface area contributed by atoms with Crippen molar-refractivity contribution in [3.05, 3.63) is 50.7 Å². The average Bonchev–Trinajstić information content (AvgIpc) is 2.92. The predicted molar refractivity (Wildman–Crippen MR) is 87.0 cm³/mol. The first-order chi connectivity index (χ1) is 10.1. The van der Waals surface area contributed by atoms with Gasteiger partial charge in [0.25, 0.3) is 5.91 Å². The molecule has 21 heavy (non-hydrogen) atoms. The van der Waals surface area contributed by atoms with Crippen LogP contribution in [0.2, 0.25) is 5.02 Å². The topological polar surface area (TPSA) is 49.3 Å². The molecule has 1 amide bonds. The van der Waals surface area contributed by atoms with Gasteiger partial charge in [0.05, 0.1) is 17.3 Å². The number of benzene rings is 1. The molecule has 0 unspecified atom stereocenters. The molecule has 0 aliphatic heterocycles. The minimum Gasteiger partial charge on any atom is -0.395 e. The Morgan fingerprint density at radius 1 is 1.43 bits per heavy atom. The van der Waals surface area contributed by atoms with Crippen molar-refractivity contribution in [2.75, 3.05) is 11.9 Å². The summed E-state index contributed by atoms with van der Waals surface area (Å²) in [6.45, 7) is 1.94.